The quantitative estimate of drug-likeness (QED) is 0.769. The number of hydrogen-bond acceptors (Lipinski definition) is 3. The van der Waals surface area contributed by atoms with Gasteiger partial charge in [-0.3, -0.25) is 4.68 Å². The highest BCUT2D eigenvalue weighted by Crippen LogP contribution is 2.31. The number of aryl methyl sites for hydroxylation is 2. The zero-order chi connectivity index (χ0) is 18.0. The lowest BCUT2D eigenvalue weighted by Gasteiger charge is -2.10. The van der Waals surface area contributed by atoms with E-state index in [1.54, 1.807) is 4.68 Å². The summed E-state index contributed by atoms with van der Waals surface area (Å²) in [4.78, 5) is 0. The van der Waals surface area contributed by atoms with E-state index in [4.69, 9.17) is 0 Å². The highest BCUT2D eigenvalue weighted by Gasteiger charge is 2.35. The molecule has 0 saturated carbocycles. The van der Waals surface area contributed by atoms with Gasteiger partial charge < -0.3 is 5.32 Å². The van der Waals surface area contributed by atoms with Crippen LogP contribution in [0.1, 0.15) is 22.5 Å². The molecule has 1 N–H and O–H groups in total. The molecule has 132 valence electrons. The van der Waals surface area contributed by atoms with E-state index in [0.29, 0.717) is 6.54 Å². The molecular formula is C17H18F3N5. The molecule has 2 aromatic heterocycles. The Morgan fingerprint density at radius 2 is 1.84 bits per heavy atom. The third-order valence-corrected chi connectivity index (χ3v) is 4.00. The van der Waals surface area contributed by atoms with Crippen molar-refractivity contribution in [1.82, 2.24) is 24.9 Å². The molecule has 25 heavy (non-hydrogen) atoms. The van der Waals surface area contributed by atoms with E-state index in [9.17, 15) is 13.2 Å². The van der Waals surface area contributed by atoms with Gasteiger partial charge in [0, 0.05) is 31.9 Å². The van der Waals surface area contributed by atoms with E-state index in [2.05, 4.69) is 15.5 Å². The summed E-state index contributed by atoms with van der Waals surface area (Å²) in [5.41, 5.74) is 2.10. The second-order valence-corrected chi connectivity index (χ2v) is 5.75. The van der Waals surface area contributed by atoms with Crippen molar-refractivity contribution in [3.8, 4) is 5.69 Å². The Morgan fingerprint density at radius 3 is 2.52 bits per heavy atom. The fourth-order valence-electron chi connectivity index (χ4n) is 2.61. The van der Waals surface area contributed by atoms with Gasteiger partial charge >= 0.3 is 6.18 Å². The Balaban J connectivity index is 1.70. The number of rotatable bonds is 5. The Bertz CT molecular complexity index is 849. The maximum Gasteiger partial charge on any atom is 0.419 e. The molecule has 0 radical (unpaired) electrons. The first-order chi connectivity index (χ1) is 11.9. The summed E-state index contributed by atoms with van der Waals surface area (Å²) in [7, 11) is 1.50. The topological polar surface area (TPSA) is 47.7 Å². The molecule has 0 atom stereocenters. The van der Waals surface area contributed by atoms with Gasteiger partial charge in [0.2, 0.25) is 0 Å². The molecule has 5 nitrogen and oxygen atoms in total. The summed E-state index contributed by atoms with van der Waals surface area (Å²) >= 11 is 0. The molecular weight excluding hydrogens is 331 g/mol. The van der Waals surface area contributed by atoms with Crippen LogP contribution in [0, 0.1) is 6.92 Å². The summed E-state index contributed by atoms with van der Waals surface area (Å²) in [6.45, 7) is 2.37. The highest BCUT2D eigenvalue weighted by molar-refractivity contribution is 5.32. The first-order valence-electron chi connectivity index (χ1n) is 7.75. The number of hydrogen-bond donors (Lipinski definition) is 1. The SMILES string of the molecule is Cc1nn(-c2ccccc2)cc1CNCc1c(C(F)(F)F)cnn1C. The third-order valence-electron chi connectivity index (χ3n) is 4.00. The van der Waals surface area contributed by atoms with Gasteiger partial charge in [-0.1, -0.05) is 18.2 Å². The largest absolute Gasteiger partial charge is 0.419 e. The van der Waals surface area contributed by atoms with Crippen LogP contribution >= 0.6 is 0 Å². The molecule has 0 unspecified atom stereocenters. The maximum atomic E-state index is 13.0. The van der Waals surface area contributed by atoms with Crippen LogP contribution in [-0.2, 0) is 26.3 Å². The van der Waals surface area contributed by atoms with Crippen LogP contribution in [0.4, 0.5) is 13.2 Å². The van der Waals surface area contributed by atoms with Crippen molar-refractivity contribution in [2.24, 2.45) is 7.05 Å². The second-order valence-electron chi connectivity index (χ2n) is 5.75. The fraction of sp³-hybridized carbons (Fsp3) is 0.294. The van der Waals surface area contributed by atoms with Crippen LogP contribution < -0.4 is 5.32 Å². The van der Waals surface area contributed by atoms with E-state index in [1.165, 1.54) is 11.7 Å². The average molecular weight is 349 g/mol. The smallest absolute Gasteiger partial charge is 0.307 e. The van der Waals surface area contributed by atoms with Crippen molar-refractivity contribution in [2.75, 3.05) is 0 Å². The lowest BCUT2D eigenvalue weighted by atomic mass is 10.2. The number of alkyl halides is 3. The van der Waals surface area contributed by atoms with E-state index in [1.807, 2.05) is 43.5 Å². The van der Waals surface area contributed by atoms with Gasteiger partial charge in [-0.15, -0.1) is 0 Å². The van der Waals surface area contributed by atoms with E-state index >= 15 is 0 Å². The standard InChI is InChI=1S/C17H18F3N5/c1-12-13(11-25(23-12)14-6-4-3-5-7-14)8-21-10-16-15(17(18,19)20)9-22-24(16)2/h3-7,9,11,21H,8,10H2,1-2H3. The van der Waals surface area contributed by atoms with Crippen molar-refractivity contribution >= 4 is 0 Å². The van der Waals surface area contributed by atoms with E-state index in [-0.39, 0.29) is 12.2 Å². The first kappa shape index (κ1) is 17.2. The lowest BCUT2D eigenvalue weighted by Crippen LogP contribution is -2.19. The lowest BCUT2D eigenvalue weighted by molar-refractivity contribution is -0.138. The molecule has 0 aliphatic heterocycles. The van der Waals surface area contributed by atoms with Gasteiger partial charge in [0.05, 0.1) is 28.8 Å². The van der Waals surface area contributed by atoms with Gasteiger partial charge in [0.15, 0.2) is 0 Å². The summed E-state index contributed by atoms with van der Waals surface area (Å²) in [6, 6.07) is 9.65. The van der Waals surface area contributed by atoms with Crippen LogP contribution in [0.5, 0.6) is 0 Å². The van der Waals surface area contributed by atoms with E-state index in [0.717, 1.165) is 23.1 Å². The maximum absolute atomic E-state index is 13.0. The molecule has 0 aliphatic carbocycles. The molecule has 0 fully saturated rings. The molecule has 0 aliphatic rings. The van der Waals surface area contributed by atoms with Crippen molar-refractivity contribution in [1.29, 1.82) is 0 Å². The Morgan fingerprint density at radius 1 is 1.12 bits per heavy atom. The zero-order valence-electron chi connectivity index (χ0n) is 13.9. The number of para-hydroxylation sites is 1. The summed E-state index contributed by atoms with van der Waals surface area (Å²) in [5, 5.41) is 11.2. The predicted molar refractivity (Wildman–Crippen MR) is 87.1 cm³/mol. The molecule has 0 amide bonds. The van der Waals surface area contributed by atoms with Crippen molar-refractivity contribution < 1.29 is 13.2 Å². The molecule has 0 spiro atoms. The number of benzene rings is 1. The Hall–Kier alpha value is -2.61. The molecule has 2 heterocycles. The van der Waals surface area contributed by atoms with Crippen LogP contribution in [-0.4, -0.2) is 19.6 Å². The summed E-state index contributed by atoms with van der Waals surface area (Å²) < 4.78 is 41.9. The molecule has 0 bridgehead atoms. The molecule has 1 aromatic carbocycles. The monoisotopic (exact) mass is 349 g/mol. The van der Waals surface area contributed by atoms with Crippen molar-refractivity contribution in [3.63, 3.8) is 0 Å². The minimum Gasteiger partial charge on any atom is -0.307 e. The number of aromatic nitrogens is 4. The number of halogens is 3. The third kappa shape index (κ3) is 3.74. The number of nitrogens with one attached hydrogen (secondary N) is 1. The fourth-order valence-corrected chi connectivity index (χ4v) is 2.61. The predicted octanol–water partition coefficient (Wildman–Crippen LogP) is 3.22. The van der Waals surface area contributed by atoms with Gasteiger partial charge in [0.25, 0.3) is 0 Å². The Kier molecular flexibility index (Phi) is 4.63. The van der Waals surface area contributed by atoms with Crippen molar-refractivity contribution in [2.45, 2.75) is 26.2 Å². The minimum atomic E-state index is -4.40. The van der Waals surface area contributed by atoms with Gasteiger partial charge in [-0.2, -0.15) is 23.4 Å². The first-order valence-corrected chi connectivity index (χ1v) is 7.75. The average Bonchev–Trinajstić information content (AvgIpc) is 3.12. The summed E-state index contributed by atoms with van der Waals surface area (Å²) in [6.07, 6.45) is -1.67. The van der Waals surface area contributed by atoms with Gasteiger partial charge in [0.1, 0.15) is 0 Å². The Labute approximate surface area is 143 Å². The molecule has 3 rings (SSSR count). The van der Waals surface area contributed by atoms with Crippen molar-refractivity contribution in [3.05, 3.63) is 65.2 Å². The summed E-state index contributed by atoms with van der Waals surface area (Å²) in [5.74, 6) is 0. The normalized spacial score (nSPS) is 11.9. The number of nitrogens with zero attached hydrogens (tertiary/aromatic N) is 4. The van der Waals surface area contributed by atoms with E-state index < -0.39 is 11.7 Å². The van der Waals surface area contributed by atoms with Crippen LogP contribution in [0.3, 0.4) is 0 Å². The molecule has 8 heteroatoms. The zero-order valence-corrected chi connectivity index (χ0v) is 13.9. The van der Waals surface area contributed by atoms with Crippen LogP contribution in [0.2, 0.25) is 0 Å². The van der Waals surface area contributed by atoms with Gasteiger partial charge in [-0.25, -0.2) is 4.68 Å². The van der Waals surface area contributed by atoms with Crippen LogP contribution in [0.15, 0.2) is 42.7 Å². The van der Waals surface area contributed by atoms with Gasteiger partial charge in [-0.05, 0) is 19.1 Å². The van der Waals surface area contributed by atoms with Crippen LogP contribution in [0.25, 0.3) is 5.69 Å². The minimum absolute atomic E-state index is 0.0707. The second kappa shape index (κ2) is 6.72. The highest BCUT2D eigenvalue weighted by atomic mass is 19.4. The molecule has 3 aromatic rings. The molecule has 0 saturated heterocycles.